The van der Waals surface area contributed by atoms with E-state index in [1.165, 1.54) is 29.6 Å². The lowest BCUT2D eigenvalue weighted by atomic mass is 10.0. The molecule has 2 aromatic carbocycles. The maximum absolute atomic E-state index is 13.0. The van der Waals surface area contributed by atoms with Crippen LogP contribution in [0.4, 0.5) is 5.69 Å². The molecule has 0 aliphatic rings. The third-order valence-electron chi connectivity index (χ3n) is 4.82. The summed E-state index contributed by atoms with van der Waals surface area (Å²) >= 11 is 6.23. The molecule has 0 bridgehead atoms. The van der Waals surface area contributed by atoms with Crippen molar-refractivity contribution in [3.8, 4) is 0 Å². The summed E-state index contributed by atoms with van der Waals surface area (Å²) in [6.07, 6.45) is 1.54. The Morgan fingerprint density at radius 1 is 1.11 bits per heavy atom. The number of anilines is 1. The van der Waals surface area contributed by atoms with Gasteiger partial charge in [-0.05, 0) is 56.0 Å². The van der Waals surface area contributed by atoms with Gasteiger partial charge in [0.2, 0.25) is 10.0 Å². The summed E-state index contributed by atoms with van der Waals surface area (Å²) in [5.74, 6) is -0.426. The average Bonchev–Trinajstić information content (AvgIpc) is 2.67. The van der Waals surface area contributed by atoms with E-state index in [1.54, 1.807) is 13.8 Å². The number of nitrogens with one attached hydrogen (secondary N) is 1. The van der Waals surface area contributed by atoms with E-state index in [2.05, 4.69) is 5.32 Å². The van der Waals surface area contributed by atoms with Gasteiger partial charge in [-0.2, -0.15) is 4.31 Å². The Labute approximate surface area is 172 Å². The zero-order valence-electron chi connectivity index (χ0n) is 16.9. The molecule has 0 saturated carbocycles. The first-order valence-corrected chi connectivity index (χ1v) is 11.1. The quantitative estimate of drug-likeness (QED) is 0.700. The Bertz CT molecular complexity index is 949. The summed E-state index contributed by atoms with van der Waals surface area (Å²) in [4.78, 5) is 13.0. The highest BCUT2D eigenvalue weighted by Crippen LogP contribution is 2.27. The van der Waals surface area contributed by atoms with E-state index in [9.17, 15) is 13.2 Å². The van der Waals surface area contributed by atoms with Crippen molar-refractivity contribution < 1.29 is 13.2 Å². The van der Waals surface area contributed by atoms with E-state index in [0.717, 1.165) is 29.7 Å². The van der Waals surface area contributed by atoms with Crippen LogP contribution in [0.25, 0.3) is 0 Å². The predicted octanol–water partition coefficient (Wildman–Crippen LogP) is 4.75. The molecule has 0 fully saturated rings. The lowest BCUT2D eigenvalue weighted by Crippen LogP contribution is -2.33. The Balaban J connectivity index is 2.46. The molecule has 0 atom stereocenters. The van der Waals surface area contributed by atoms with Gasteiger partial charge in [0.05, 0.1) is 15.5 Å². The number of amides is 1. The molecule has 2 aromatic rings. The third-order valence-corrected chi connectivity index (χ3v) is 7.18. The number of halogens is 1. The molecule has 7 heteroatoms. The van der Waals surface area contributed by atoms with E-state index >= 15 is 0 Å². The first kappa shape index (κ1) is 22.4. The van der Waals surface area contributed by atoms with Crippen LogP contribution in [0, 0.1) is 0 Å². The van der Waals surface area contributed by atoms with Crippen molar-refractivity contribution in [3.05, 3.63) is 58.1 Å². The largest absolute Gasteiger partial charge is 0.321 e. The minimum Gasteiger partial charge on any atom is -0.321 e. The van der Waals surface area contributed by atoms with Gasteiger partial charge in [-0.15, -0.1) is 0 Å². The molecule has 0 spiro atoms. The van der Waals surface area contributed by atoms with Gasteiger partial charge in [-0.1, -0.05) is 43.6 Å². The van der Waals surface area contributed by atoms with E-state index in [1.807, 2.05) is 32.0 Å². The zero-order chi connectivity index (χ0) is 21.1. The predicted molar refractivity (Wildman–Crippen MR) is 115 cm³/mol. The first-order chi connectivity index (χ1) is 13.1. The molecule has 0 unspecified atom stereocenters. The van der Waals surface area contributed by atoms with Crippen LogP contribution in [0.15, 0.2) is 41.3 Å². The van der Waals surface area contributed by atoms with Crippen LogP contribution in [-0.4, -0.2) is 31.7 Å². The number of hydrogen-bond donors (Lipinski definition) is 1. The fourth-order valence-electron chi connectivity index (χ4n) is 2.87. The second-order valence-electron chi connectivity index (χ2n) is 6.87. The smallest absolute Gasteiger partial charge is 0.257 e. The Kier molecular flexibility index (Phi) is 7.26. The third kappa shape index (κ3) is 4.57. The summed E-state index contributed by atoms with van der Waals surface area (Å²) in [5, 5.41) is 3.14. The molecular formula is C21H27ClN2O3S. The van der Waals surface area contributed by atoms with Crippen LogP contribution in [0.5, 0.6) is 0 Å². The SMILES string of the molecule is CCc1cccc(CC)c1NC(=O)c1cc(S(=O)(=O)N(C)C(C)C)ccc1Cl. The number of nitrogens with zero attached hydrogens (tertiary/aromatic N) is 1. The highest BCUT2D eigenvalue weighted by atomic mass is 35.5. The molecule has 2 rings (SSSR count). The lowest BCUT2D eigenvalue weighted by molar-refractivity contribution is 0.102. The molecule has 0 saturated heterocycles. The van der Waals surface area contributed by atoms with Gasteiger partial charge in [-0.25, -0.2) is 8.42 Å². The standard InChI is InChI=1S/C21H27ClN2O3S/c1-6-15-9-8-10-16(7-2)20(15)23-21(25)18-13-17(11-12-19(18)22)28(26,27)24(5)14(3)4/h8-14H,6-7H2,1-5H3,(H,23,25). The molecule has 1 amide bonds. The van der Waals surface area contributed by atoms with Gasteiger partial charge in [0.15, 0.2) is 0 Å². The van der Waals surface area contributed by atoms with Gasteiger partial charge < -0.3 is 5.32 Å². The lowest BCUT2D eigenvalue weighted by Gasteiger charge is -2.21. The molecule has 28 heavy (non-hydrogen) atoms. The first-order valence-electron chi connectivity index (χ1n) is 9.33. The highest BCUT2D eigenvalue weighted by molar-refractivity contribution is 7.89. The van der Waals surface area contributed by atoms with Crippen LogP contribution < -0.4 is 5.32 Å². The van der Waals surface area contributed by atoms with Crippen molar-refractivity contribution in [3.63, 3.8) is 0 Å². The van der Waals surface area contributed by atoms with Crippen LogP contribution in [-0.2, 0) is 22.9 Å². The number of carbonyl (C=O) groups excluding carboxylic acids is 1. The molecule has 0 aromatic heterocycles. The number of aryl methyl sites for hydroxylation is 2. The summed E-state index contributed by atoms with van der Waals surface area (Å²) in [6, 6.07) is 9.90. The highest BCUT2D eigenvalue weighted by Gasteiger charge is 2.25. The maximum Gasteiger partial charge on any atom is 0.257 e. The monoisotopic (exact) mass is 422 g/mol. The second kappa shape index (κ2) is 9.07. The van der Waals surface area contributed by atoms with Crippen molar-refractivity contribution in [2.75, 3.05) is 12.4 Å². The summed E-state index contributed by atoms with van der Waals surface area (Å²) in [6.45, 7) is 7.61. The Morgan fingerprint density at radius 3 is 2.18 bits per heavy atom. The Hall–Kier alpha value is -1.89. The number of sulfonamides is 1. The summed E-state index contributed by atoms with van der Waals surface area (Å²) < 4.78 is 26.8. The van der Waals surface area contributed by atoms with Crippen molar-refractivity contribution >= 4 is 33.2 Å². The van der Waals surface area contributed by atoms with E-state index in [-0.39, 0.29) is 21.5 Å². The molecule has 1 N–H and O–H groups in total. The zero-order valence-corrected chi connectivity index (χ0v) is 18.5. The molecule has 0 aliphatic carbocycles. The maximum atomic E-state index is 13.0. The fraction of sp³-hybridized carbons (Fsp3) is 0.381. The minimum absolute atomic E-state index is 0.0396. The fourth-order valence-corrected chi connectivity index (χ4v) is 4.46. The second-order valence-corrected chi connectivity index (χ2v) is 9.27. The Morgan fingerprint density at radius 2 is 1.68 bits per heavy atom. The molecule has 5 nitrogen and oxygen atoms in total. The number of rotatable bonds is 7. The summed E-state index contributed by atoms with van der Waals surface area (Å²) in [5.41, 5.74) is 2.94. The van der Waals surface area contributed by atoms with Gasteiger partial charge >= 0.3 is 0 Å². The van der Waals surface area contributed by atoms with Gasteiger partial charge in [0.25, 0.3) is 5.91 Å². The van der Waals surface area contributed by atoms with Crippen LogP contribution in [0.1, 0.15) is 49.2 Å². The number of para-hydroxylation sites is 1. The van der Waals surface area contributed by atoms with Gasteiger partial charge in [0, 0.05) is 18.8 Å². The van der Waals surface area contributed by atoms with Gasteiger partial charge in [0.1, 0.15) is 0 Å². The molecule has 0 aliphatic heterocycles. The average molecular weight is 423 g/mol. The number of carbonyl (C=O) groups is 1. The van der Waals surface area contributed by atoms with Crippen molar-refractivity contribution in [1.29, 1.82) is 0 Å². The molecule has 152 valence electrons. The summed E-state index contributed by atoms with van der Waals surface area (Å²) in [7, 11) is -2.20. The topological polar surface area (TPSA) is 66.5 Å². The van der Waals surface area contributed by atoms with Crippen LogP contribution in [0.2, 0.25) is 5.02 Å². The number of benzene rings is 2. The normalized spacial score (nSPS) is 11.9. The van der Waals surface area contributed by atoms with E-state index in [0.29, 0.717) is 0 Å². The van der Waals surface area contributed by atoms with Gasteiger partial charge in [-0.3, -0.25) is 4.79 Å². The van der Waals surface area contributed by atoms with Crippen molar-refractivity contribution in [2.24, 2.45) is 0 Å². The van der Waals surface area contributed by atoms with Crippen LogP contribution in [0.3, 0.4) is 0 Å². The van der Waals surface area contributed by atoms with Crippen LogP contribution >= 0.6 is 11.6 Å². The van der Waals surface area contributed by atoms with E-state index in [4.69, 9.17) is 11.6 Å². The van der Waals surface area contributed by atoms with Crippen molar-refractivity contribution in [1.82, 2.24) is 4.31 Å². The molecular weight excluding hydrogens is 396 g/mol. The van der Waals surface area contributed by atoms with Crippen molar-refractivity contribution in [2.45, 2.75) is 51.5 Å². The molecule has 0 heterocycles. The van der Waals surface area contributed by atoms with E-state index < -0.39 is 15.9 Å². The minimum atomic E-state index is -3.71. The number of hydrogen-bond acceptors (Lipinski definition) is 3. The molecule has 0 radical (unpaired) electrons.